The van der Waals surface area contributed by atoms with Crippen molar-refractivity contribution < 1.29 is 9.50 Å². The van der Waals surface area contributed by atoms with Crippen molar-refractivity contribution in [1.29, 1.82) is 0 Å². The van der Waals surface area contributed by atoms with Gasteiger partial charge in [-0.15, -0.1) is 0 Å². The molecule has 56 valence electrons. The molecule has 1 aliphatic carbocycles. The molecule has 0 saturated heterocycles. The van der Waals surface area contributed by atoms with E-state index in [9.17, 15) is 4.39 Å². The van der Waals surface area contributed by atoms with Crippen molar-refractivity contribution in [3.05, 3.63) is 24.0 Å². The van der Waals surface area contributed by atoms with E-state index in [0.29, 0.717) is 0 Å². The van der Waals surface area contributed by atoms with Crippen molar-refractivity contribution in [1.82, 2.24) is 0 Å². The average molecular weight is 143 g/mol. The number of nitrogens with two attached hydrogens (primary N) is 1. The van der Waals surface area contributed by atoms with Gasteiger partial charge in [0.05, 0.1) is 5.76 Å². The fourth-order valence-corrected chi connectivity index (χ4v) is 0.797. The van der Waals surface area contributed by atoms with Crippen molar-refractivity contribution in [2.45, 2.75) is 12.7 Å². The van der Waals surface area contributed by atoms with Crippen LogP contribution in [-0.2, 0) is 0 Å². The number of hydrogen-bond donors (Lipinski definition) is 2. The first kappa shape index (κ1) is 7.28. The number of aliphatic hydroxyl groups excluding tert-OH is 1. The third kappa shape index (κ3) is 1.36. The monoisotopic (exact) mass is 143 g/mol. The highest BCUT2D eigenvalue weighted by Gasteiger charge is 2.23. The molecule has 0 aromatic rings. The minimum Gasteiger partial charge on any atom is -0.512 e. The van der Waals surface area contributed by atoms with Crippen LogP contribution < -0.4 is 5.73 Å². The van der Waals surface area contributed by atoms with E-state index < -0.39 is 5.79 Å². The highest BCUT2D eigenvalue weighted by atomic mass is 19.1. The number of aliphatic hydroxyl groups is 1. The molecule has 2 atom stereocenters. The predicted molar refractivity (Wildman–Crippen MR) is 37.0 cm³/mol. The highest BCUT2D eigenvalue weighted by molar-refractivity contribution is 5.23. The molecule has 0 aromatic carbocycles. The summed E-state index contributed by atoms with van der Waals surface area (Å²) in [5.74, 6) is -2.09. The van der Waals surface area contributed by atoms with Crippen molar-refractivity contribution >= 4 is 0 Å². The molecule has 1 rings (SSSR count). The number of rotatable bonds is 0. The zero-order valence-corrected chi connectivity index (χ0v) is 5.71. The van der Waals surface area contributed by atoms with Gasteiger partial charge in [0.1, 0.15) is 0 Å². The Kier molecular flexibility index (Phi) is 1.52. The Balaban J connectivity index is 2.85. The lowest BCUT2D eigenvalue weighted by molar-refractivity contribution is 0.272. The van der Waals surface area contributed by atoms with E-state index in [2.05, 4.69) is 0 Å². The smallest absolute Gasteiger partial charge is 0.200 e. The fraction of sp³-hybridized carbons (Fsp3) is 0.429. The Morgan fingerprint density at radius 3 is 2.80 bits per heavy atom. The molecule has 0 saturated carbocycles. The summed E-state index contributed by atoms with van der Waals surface area (Å²) in [6.45, 7) is 1.76. The summed E-state index contributed by atoms with van der Waals surface area (Å²) >= 11 is 0. The van der Waals surface area contributed by atoms with Gasteiger partial charge >= 0.3 is 0 Å². The van der Waals surface area contributed by atoms with E-state index in [-0.39, 0.29) is 11.7 Å². The first-order valence-corrected chi connectivity index (χ1v) is 3.10. The minimum atomic E-state index is -1.96. The summed E-state index contributed by atoms with van der Waals surface area (Å²) in [5.41, 5.74) is 5.04. The molecule has 3 N–H and O–H groups in total. The summed E-state index contributed by atoms with van der Waals surface area (Å²) in [5, 5.41) is 9.00. The first-order chi connectivity index (χ1) is 4.51. The molecule has 0 spiro atoms. The van der Waals surface area contributed by atoms with Crippen LogP contribution in [0.3, 0.4) is 0 Å². The van der Waals surface area contributed by atoms with Crippen LogP contribution in [0.4, 0.5) is 4.39 Å². The van der Waals surface area contributed by atoms with Gasteiger partial charge < -0.3 is 5.11 Å². The molecule has 0 bridgehead atoms. The summed E-state index contributed by atoms with van der Waals surface area (Å²) in [6, 6.07) is 0. The molecule has 0 aromatic heterocycles. The Morgan fingerprint density at radius 1 is 1.80 bits per heavy atom. The third-order valence-corrected chi connectivity index (χ3v) is 1.48. The number of hydrogen-bond acceptors (Lipinski definition) is 2. The van der Waals surface area contributed by atoms with Gasteiger partial charge in [0.2, 0.25) is 0 Å². The topological polar surface area (TPSA) is 46.2 Å². The van der Waals surface area contributed by atoms with E-state index in [1.54, 1.807) is 6.92 Å². The zero-order valence-electron chi connectivity index (χ0n) is 5.71. The van der Waals surface area contributed by atoms with Crippen LogP contribution in [0.2, 0.25) is 0 Å². The maximum absolute atomic E-state index is 12.7. The molecule has 2 nitrogen and oxygen atoms in total. The predicted octanol–water partition coefficient (Wildman–Crippen LogP) is 1.26. The van der Waals surface area contributed by atoms with Gasteiger partial charge in [-0.1, -0.05) is 13.0 Å². The van der Waals surface area contributed by atoms with Crippen LogP contribution in [-0.4, -0.2) is 10.9 Å². The van der Waals surface area contributed by atoms with Crippen molar-refractivity contribution in [3.8, 4) is 0 Å². The second kappa shape index (κ2) is 2.09. The van der Waals surface area contributed by atoms with Gasteiger partial charge in [0, 0.05) is 12.0 Å². The molecule has 0 aliphatic heterocycles. The van der Waals surface area contributed by atoms with Crippen LogP contribution in [0.5, 0.6) is 0 Å². The van der Waals surface area contributed by atoms with E-state index in [1.165, 1.54) is 12.2 Å². The Morgan fingerprint density at radius 2 is 2.40 bits per heavy atom. The molecule has 3 heteroatoms. The normalized spacial score (nSPS) is 39.5. The second-order valence-corrected chi connectivity index (χ2v) is 2.54. The molecule has 2 unspecified atom stereocenters. The lowest BCUT2D eigenvalue weighted by atomic mass is 9.99. The van der Waals surface area contributed by atoms with Crippen molar-refractivity contribution in [2.24, 2.45) is 11.7 Å². The number of halogens is 1. The van der Waals surface area contributed by atoms with E-state index >= 15 is 0 Å². The maximum Gasteiger partial charge on any atom is 0.200 e. The van der Waals surface area contributed by atoms with Gasteiger partial charge in [0.15, 0.2) is 5.79 Å². The summed E-state index contributed by atoms with van der Waals surface area (Å²) in [4.78, 5) is 0. The average Bonchev–Trinajstić information content (AvgIpc) is 1.79. The molecule has 0 fully saturated rings. The molecular weight excluding hydrogens is 133 g/mol. The largest absolute Gasteiger partial charge is 0.512 e. The molecule has 1 aliphatic rings. The van der Waals surface area contributed by atoms with Gasteiger partial charge in [-0.25, -0.2) is 4.39 Å². The van der Waals surface area contributed by atoms with E-state index in [4.69, 9.17) is 10.8 Å². The first-order valence-electron chi connectivity index (χ1n) is 3.10. The van der Waals surface area contributed by atoms with Gasteiger partial charge in [-0.3, -0.25) is 5.73 Å². The van der Waals surface area contributed by atoms with Gasteiger partial charge in [0.25, 0.3) is 0 Å². The number of alkyl halides is 1. The highest BCUT2D eigenvalue weighted by Crippen LogP contribution is 2.21. The van der Waals surface area contributed by atoms with Crippen LogP contribution in [0, 0.1) is 5.92 Å². The van der Waals surface area contributed by atoms with Crippen LogP contribution >= 0.6 is 0 Å². The second-order valence-electron chi connectivity index (χ2n) is 2.54. The Hall–Kier alpha value is -0.830. The summed E-state index contributed by atoms with van der Waals surface area (Å²) < 4.78 is 12.7. The molecular formula is C7H10FNO. The lowest BCUT2D eigenvalue weighted by Crippen LogP contribution is -2.32. The molecule has 0 amide bonds. The maximum atomic E-state index is 12.7. The van der Waals surface area contributed by atoms with Crippen molar-refractivity contribution in [2.75, 3.05) is 0 Å². The van der Waals surface area contributed by atoms with E-state index in [1.807, 2.05) is 0 Å². The SMILES string of the molecule is CC1C=CC(N)(F)C=C1O. The quantitative estimate of drug-likeness (QED) is 0.396. The molecule has 0 radical (unpaired) electrons. The minimum absolute atomic E-state index is 0.00694. The van der Waals surface area contributed by atoms with E-state index in [0.717, 1.165) is 6.08 Å². The molecule has 0 heterocycles. The van der Waals surface area contributed by atoms with Crippen LogP contribution in [0.1, 0.15) is 6.92 Å². The van der Waals surface area contributed by atoms with Gasteiger partial charge in [-0.05, 0) is 6.08 Å². The Labute approximate surface area is 58.8 Å². The third-order valence-electron chi connectivity index (χ3n) is 1.48. The standard InChI is InChI=1S/C7H10FNO/c1-5-2-3-7(8,9)4-6(5)10/h2-5,10H,9H2,1H3. The Bertz CT molecular complexity index is 196. The van der Waals surface area contributed by atoms with Gasteiger partial charge in [-0.2, -0.15) is 0 Å². The summed E-state index contributed by atoms with van der Waals surface area (Å²) in [6.07, 6.45) is 3.78. The van der Waals surface area contributed by atoms with Crippen LogP contribution in [0.25, 0.3) is 0 Å². The fourth-order valence-electron chi connectivity index (χ4n) is 0.797. The summed E-state index contributed by atoms with van der Waals surface area (Å²) in [7, 11) is 0. The van der Waals surface area contributed by atoms with Crippen molar-refractivity contribution in [3.63, 3.8) is 0 Å². The molecule has 10 heavy (non-hydrogen) atoms. The van der Waals surface area contributed by atoms with Crippen LogP contribution in [0.15, 0.2) is 24.0 Å². The number of allylic oxidation sites excluding steroid dienone is 1. The zero-order chi connectivity index (χ0) is 7.78. The lowest BCUT2D eigenvalue weighted by Gasteiger charge is -2.18.